The smallest absolute Gasteiger partial charge is 0.383 e. The van der Waals surface area contributed by atoms with Gasteiger partial charge in [-0.05, 0) is 0 Å². The maximum absolute atomic E-state index is 12.9. The largest absolute Gasteiger partial charge is 0.433 e. The molecular weight excluding hydrogens is 389 g/mol. The highest BCUT2D eigenvalue weighted by Gasteiger charge is 2.33. The summed E-state index contributed by atoms with van der Waals surface area (Å²) in [6.07, 6.45) is -0.342. The lowest BCUT2D eigenvalue weighted by Gasteiger charge is -2.36. The predicted octanol–water partition coefficient (Wildman–Crippen LogP) is 1.61. The molecule has 9 nitrogen and oxygen atoms in total. The van der Waals surface area contributed by atoms with E-state index in [9.17, 15) is 13.2 Å². The topological polar surface area (TPSA) is 85.1 Å². The Kier molecular flexibility index (Phi) is 5.18. The van der Waals surface area contributed by atoms with E-state index in [2.05, 4.69) is 29.8 Å². The molecule has 0 saturated carbocycles. The molecular formula is C17H19F3N8O. The lowest BCUT2D eigenvalue weighted by Crippen LogP contribution is -2.47. The van der Waals surface area contributed by atoms with Crippen LogP contribution in [0.1, 0.15) is 5.69 Å². The number of anilines is 2. The van der Waals surface area contributed by atoms with E-state index in [0.29, 0.717) is 50.7 Å². The summed E-state index contributed by atoms with van der Waals surface area (Å²) >= 11 is 0. The number of piperazine rings is 1. The van der Waals surface area contributed by atoms with Crippen molar-refractivity contribution in [3.05, 3.63) is 30.7 Å². The van der Waals surface area contributed by atoms with Gasteiger partial charge in [-0.25, -0.2) is 24.9 Å². The minimum atomic E-state index is -4.49. The first kappa shape index (κ1) is 19.3. The van der Waals surface area contributed by atoms with E-state index in [0.717, 1.165) is 18.0 Å². The second kappa shape index (κ2) is 7.78. The number of hydrogen-bond donors (Lipinski definition) is 0. The first-order chi connectivity index (χ1) is 14.0. The number of hydrogen-bond acceptors (Lipinski definition) is 8. The number of aromatic nitrogens is 6. The van der Waals surface area contributed by atoms with E-state index in [1.54, 1.807) is 13.4 Å². The van der Waals surface area contributed by atoms with E-state index >= 15 is 0 Å². The van der Waals surface area contributed by atoms with Gasteiger partial charge in [0.05, 0.1) is 12.9 Å². The molecule has 4 rings (SSSR count). The zero-order valence-corrected chi connectivity index (χ0v) is 15.7. The molecule has 154 valence electrons. The van der Waals surface area contributed by atoms with Crippen LogP contribution in [0.15, 0.2) is 25.0 Å². The average molecular weight is 408 g/mol. The molecule has 0 unspecified atom stereocenters. The van der Waals surface area contributed by atoms with Gasteiger partial charge in [0.25, 0.3) is 0 Å². The van der Waals surface area contributed by atoms with Crippen molar-refractivity contribution in [1.82, 2.24) is 29.5 Å². The van der Waals surface area contributed by atoms with Crippen molar-refractivity contribution in [3.63, 3.8) is 0 Å². The summed E-state index contributed by atoms with van der Waals surface area (Å²) in [5.41, 5.74) is 0.475. The van der Waals surface area contributed by atoms with Gasteiger partial charge in [0, 0.05) is 45.9 Å². The van der Waals surface area contributed by atoms with Gasteiger partial charge >= 0.3 is 6.18 Å². The molecule has 4 heterocycles. The van der Waals surface area contributed by atoms with Gasteiger partial charge in [0.15, 0.2) is 17.0 Å². The van der Waals surface area contributed by atoms with Gasteiger partial charge in [-0.1, -0.05) is 0 Å². The van der Waals surface area contributed by atoms with Crippen LogP contribution in [-0.4, -0.2) is 69.4 Å². The van der Waals surface area contributed by atoms with Crippen molar-refractivity contribution in [2.24, 2.45) is 0 Å². The Hall–Kier alpha value is -3.02. The summed E-state index contributed by atoms with van der Waals surface area (Å²) in [6.45, 7) is 3.33. The number of rotatable bonds is 5. The molecule has 3 aromatic heterocycles. The lowest BCUT2D eigenvalue weighted by molar-refractivity contribution is -0.141. The first-order valence-electron chi connectivity index (χ1n) is 9.01. The molecule has 0 amide bonds. The monoisotopic (exact) mass is 408 g/mol. The summed E-state index contributed by atoms with van der Waals surface area (Å²) in [4.78, 5) is 24.3. The van der Waals surface area contributed by atoms with Crippen LogP contribution >= 0.6 is 0 Å². The molecule has 3 aromatic rings. The average Bonchev–Trinajstić information content (AvgIpc) is 3.15. The second-order valence-corrected chi connectivity index (χ2v) is 6.53. The highest BCUT2D eigenvalue weighted by Crippen LogP contribution is 2.29. The fraction of sp³-hybridized carbons (Fsp3) is 0.471. The maximum atomic E-state index is 12.9. The number of halogens is 3. The van der Waals surface area contributed by atoms with Crippen LogP contribution in [0.4, 0.5) is 24.8 Å². The van der Waals surface area contributed by atoms with Crippen LogP contribution in [-0.2, 0) is 17.5 Å². The molecule has 1 aliphatic rings. The highest BCUT2D eigenvalue weighted by molar-refractivity contribution is 5.83. The molecule has 29 heavy (non-hydrogen) atoms. The Morgan fingerprint density at radius 2 is 1.69 bits per heavy atom. The number of nitrogens with zero attached hydrogens (tertiary/aromatic N) is 8. The molecule has 0 spiro atoms. The van der Waals surface area contributed by atoms with E-state index < -0.39 is 11.9 Å². The SMILES string of the molecule is COCCn1cnc2c(N3CCN(c4cc(C(F)(F)F)ncn4)CC3)ncnc21. The number of ether oxygens (including phenoxy) is 1. The van der Waals surface area contributed by atoms with Gasteiger partial charge < -0.3 is 19.1 Å². The molecule has 12 heteroatoms. The van der Waals surface area contributed by atoms with Crippen molar-refractivity contribution >= 4 is 22.8 Å². The Bertz CT molecular complexity index is 984. The number of fused-ring (bicyclic) bond motifs is 1. The minimum Gasteiger partial charge on any atom is -0.383 e. The van der Waals surface area contributed by atoms with Crippen LogP contribution in [0, 0.1) is 0 Å². The van der Waals surface area contributed by atoms with Gasteiger partial charge in [0.1, 0.15) is 24.2 Å². The van der Waals surface area contributed by atoms with Crippen LogP contribution in [0.3, 0.4) is 0 Å². The molecule has 0 bridgehead atoms. The molecule has 0 aliphatic carbocycles. The predicted molar refractivity (Wildman–Crippen MR) is 98.7 cm³/mol. The third-order valence-corrected chi connectivity index (χ3v) is 4.76. The summed E-state index contributed by atoms with van der Waals surface area (Å²) < 4.78 is 45.7. The van der Waals surface area contributed by atoms with Crippen molar-refractivity contribution < 1.29 is 17.9 Å². The van der Waals surface area contributed by atoms with Crippen molar-refractivity contribution in [2.75, 3.05) is 49.7 Å². The molecule has 1 saturated heterocycles. The maximum Gasteiger partial charge on any atom is 0.433 e. The zero-order valence-electron chi connectivity index (χ0n) is 15.7. The normalized spacial score (nSPS) is 15.3. The lowest BCUT2D eigenvalue weighted by atomic mass is 10.3. The Labute approximate surface area is 164 Å². The van der Waals surface area contributed by atoms with Crippen molar-refractivity contribution in [1.29, 1.82) is 0 Å². The van der Waals surface area contributed by atoms with Gasteiger partial charge in [-0.15, -0.1) is 0 Å². The van der Waals surface area contributed by atoms with E-state index in [-0.39, 0.29) is 5.82 Å². The number of imidazole rings is 1. The fourth-order valence-corrected chi connectivity index (χ4v) is 3.28. The molecule has 0 N–H and O–H groups in total. The zero-order chi connectivity index (χ0) is 20.4. The van der Waals surface area contributed by atoms with Crippen LogP contribution in [0.5, 0.6) is 0 Å². The van der Waals surface area contributed by atoms with Crippen LogP contribution in [0.2, 0.25) is 0 Å². The van der Waals surface area contributed by atoms with Gasteiger partial charge in [-0.2, -0.15) is 13.2 Å². The Balaban J connectivity index is 1.50. The molecule has 1 fully saturated rings. The molecule has 0 aromatic carbocycles. The third kappa shape index (κ3) is 3.92. The summed E-state index contributed by atoms with van der Waals surface area (Å²) in [5, 5.41) is 0. The Morgan fingerprint density at radius 1 is 0.966 bits per heavy atom. The molecule has 1 aliphatic heterocycles. The van der Waals surface area contributed by atoms with Crippen LogP contribution in [0.25, 0.3) is 11.2 Å². The second-order valence-electron chi connectivity index (χ2n) is 6.53. The van der Waals surface area contributed by atoms with E-state index in [4.69, 9.17) is 4.74 Å². The quantitative estimate of drug-likeness (QED) is 0.630. The Morgan fingerprint density at radius 3 is 2.41 bits per heavy atom. The van der Waals surface area contributed by atoms with Gasteiger partial charge in [0.2, 0.25) is 0 Å². The standard InChI is InChI=1S/C17H19F3N8O/c1-29-7-6-28-11-25-14-15(23-10-24-16(14)28)27-4-2-26(3-5-27)13-8-12(17(18,19)20)21-9-22-13/h8-11H,2-7H2,1H3. The summed E-state index contributed by atoms with van der Waals surface area (Å²) in [7, 11) is 1.63. The highest BCUT2D eigenvalue weighted by atomic mass is 19.4. The van der Waals surface area contributed by atoms with Gasteiger partial charge in [-0.3, -0.25) is 0 Å². The van der Waals surface area contributed by atoms with Crippen LogP contribution < -0.4 is 9.80 Å². The molecule has 0 atom stereocenters. The number of methoxy groups -OCH3 is 1. The minimum absolute atomic E-state index is 0.267. The van der Waals surface area contributed by atoms with Crippen molar-refractivity contribution in [3.8, 4) is 0 Å². The molecule has 0 radical (unpaired) electrons. The van der Waals surface area contributed by atoms with Crippen molar-refractivity contribution in [2.45, 2.75) is 12.7 Å². The van der Waals surface area contributed by atoms with E-state index in [1.807, 2.05) is 9.47 Å². The summed E-state index contributed by atoms with van der Waals surface area (Å²) in [5.74, 6) is 0.980. The number of alkyl halides is 3. The van der Waals surface area contributed by atoms with E-state index in [1.165, 1.54) is 6.33 Å². The summed E-state index contributed by atoms with van der Waals surface area (Å²) in [6, 6.07) is 0.982. The third-order valence-electron chi connectivity index (χ3n) is 4.76. The fourth-order valence-electron chi connectivity index (χ4n) is 3.28. The first-order valence-corrected chi connectivity index (χ1v) is 9.01.